The van der Waals surface area contributed by atoms with Gasteiger partial charge in [-0.3, -0.25) is 4.79 Å². The fraction of sp³-hybridized carbons (Fsp3) is 0.429. The van der Waals surface area contributed by atoms with Crippen LogP contribution in [0.1, 0.15) is 42.5 Å². The third-order valence-electron chi connectivity index (χ3n) is 4.89. The number of aromatic nitrogens is 3. The number of aromatic amines is 1. The standard InChI is InChI=1S/C21H28N4OS/c1-15-10-11-16(2)25(15)13-6-9-20(26)22-19(12-14-27-3)21-23-17-7-4-5-8-18(17)24-21/h4-5,7-8,10-11,19H,6,9,12-14H2,1-3H3,(H,22,26)(H,23,24)/t19-/m1/s1. The Bertz CT molecular complexity index is 846. The van der Waals surface area contributed by atoms with E-state index < -0.39 is 0 Å². The van der Waals surface area contributed by atoms with Crippen molar-refractivity contribution >= 4 is 28.7 Å². The summed E-state index contributed by atoms with van der Waals surface area (Å²) in [5.74, 6) is 1.91. The Morgan fingerprint density at radius 1 is 1.22 bits per heavy atom. The predicted octanol–water partition coefficient (Wildman–Crippen LogP) is 4.37. The first-order chi connectivity index (χ1) is 13.1. The molecule has 1 atom stereocenters. The van der Waals surface area contributed by atoms with Crippen LogP contribution in [-0.4, -0.2) is 32.5 Å². The molecule has 2 heterocycles. The second kappa shape index (κ2) is 9.13. The van der Waals surface area contributed by atoms with E-state index in [4.69, 9.17) is 0 Å². The number of aryl methyl sites for hydroxylation is 2. The molecule has 0 saturated heterocycles. The van der Waals surface area contributed by atoms with Gasteiger partial charge in [-0.05, 0) is 63.0 Å². The van der Waals surface area contributed by atoms with E-state index in [0.717, 1.165) is 42.0 Å². The van der Waals surface area contributed by atoms with E-state index >= 15 is 0 Å². The van der Waals surface area contributed by atoms with Crippen molar-refractivity contribution in [1.82, 2.24) is 19.9 Å². The molecule has 3 rings (SSSR count). The summed E-state index contributed by atoms with van der Waals surface area (Å²) in [5.41, 5.74) is 4.44. The highest BCUT2D eigenvalue weighted by molar-refractivity contribution is 7.98. The third kappa shape index (κ3) is 4.95. The van der Waals surface area contributed by atoms with Crippen LogP contribution in [0, 0.1) is 13.8 Å². The highest BCUT2D eigenvalue weighted by atomic mass is 32.2. The number of para-hydroxylation sites is 2. The molecule has 0 spiro atoms. The molecule has 0 aliphatic carbocycles. The zero-order valence-corrected chi connectivity index (χ0v) is 17.1. The number of hydrogen-bond acceptors (Lipinski definition) is 3. The zero-order chi connectivity index (χ0) is 19.2. The summed E-state index contributed by atoms with van der Waals surface area (Å²) in [6.45, 7) is 5.08. The number of nitrogens with one attached hydrogen (secondary N) is 2. The number of thioether (sulfide) groups is 1. The lowest BCUT2D eigenvalue weighted by Gasteiger charge is -2.16. The first-order valence-electron chi connectivity index (χ1n) is 9.44. The van der Waals surface area contributed by atoms with Crippen LogP contribution in [0.25, 0.3) is 11.0 Å². The Labute approximate surface area is 165 Å². The Kier molecular flexibility index (Phi) is 6.61. The number of imidazole rings is 1. The van der Waals surface area contributed by atoms with Gasteiger partial charge in [0.15, 0.2) is 0 Å². The predicted molar refractivity (Wildman–Crippen MR) is 113 cm³/mol. The second-order valence-electron chi connectivity index (χ2n) is 6.91. The third-order valence-corrected chi connectivity index (χ3v) is 5.53. The number of hydrogen-bond donors (Lipinski definition) is 2. The normalized spacial score (nSPS) is 12.4. The number of carbonyl (C=O) groups excluding carboxylic acids is 1. The molecule has 0 unspecified atom stereocenters. The van der Waals surface area contributed by atoms with Gasteiger partial charge in [0.05, 0.1) is 17.1 Å². The van der Waals surface area contributed by atoms with Crippen LogP contribution in [0.3, 0.4) is 0 Å². The molecule has 3 aromatic rings. The molecule has 0 aliphatic heterocycles. The highest BCUT2D eigenvalue weighted by Crippen LogP contribution is 2.20. The molecule has 0 aliphatic rings. The van der Waals surface area contributed by atoms with E-state index in [1.807, 2.05) is 24.3 Å². The van der Waals surface area contributed by atoms with Crippen LogP contribution >= 0.6 is 11.8 Å². The summed E-state index contributed by atoms with van der Waals surface area (Å²) in [6.07, 6.45) is 4.30. The van der Waals surface area contributed by atoms with Crippen molar-refractivity contribution in [2.24, 2.45) is 0 Å². The van der Waals surface area contributed by atoms with Gasteiger partial charge in [-0.2, -0.15) is 11.8 Å². The minimum absolute atomic E-state index is 0.0765. The van der Waals surface area contributed by atoms with Crippen LogP contribution in [0.2, 0.25) is 0 Å². The Morgan fingerprint density at radius 3 is 2.67 bits per heavy atom. The SMILES string of the molecule is CSCC[C@@H](NC(=O)CCCn1c(C)ccc1C)c1nc2ccccc2[nH]1. The molecule has 27 heavy (non-hydrogen) atoms. The molecule has 6 heteroatoms. The van der Waals surface area contributed by atoms with E-state index in [0.29, 0.717) is 6.42 Å². The van der Waals surface area contributed by atoms with Crippen LogP contribution < -0.4 is 5.32 Å². The molecule has 2 N–H and O–H groups in total. The van der Waals surface area contributed by atoms with Crippen LogP contribution in [0.15, 0.2) is 36.4 Å². The quantitative estimate of drug-likeness (QED) is 0.576. The molecule has 0 saturated carbocycles. The average molecular weight is 385 g/mol. The van der Waals surface area contributed by atoms with Gasteiger partial charge in [-0.25, -0.2) is 4.98 Å². The molecule has 1 aromatic carbocycles. The number of H-pyrrole nitrogens is 1. The molecule has 2 aromatic heterocycles. The summed E-state index contributed by atoms with van der Waals surface area (Å²) in [7, 11) is 0. The molecule has 1 amide bonds. The first-order valence-corrected chi connectivity index (χ1v) is 10.8. The summed E-state index contributed by atoms with van der Waals surface area (Å²) in [6, 6.07) is 12.1. The van der Waals surface area contributed by atoms with Gasteiger partial charge in [0, 0.05) is 24.4 Å². The average Bonchev–Trinajstić information content (AvgIpc) is 3.23. The molecule has 144 valence electrons. The minimum atomic E-state index is -0.0765. The Morgan fingerprint density at radius 2 is 1.96 bits per heavy atom. The van der Waals surface area contributed by atoms with Crippen LogP contribution in [-0.2, 0) is 11.3 Å². The van der Waals surface area contributed by atoms with E-state index in [1.54, 1.807) is 11.8 Å². The monoisotopic (exact) mass is 384 g/mol. The second-order valence-corrected chi connectivity index (χ2v) is 7.90. The number of carbonyl (C=O) groups is 1. The summed E-state index contributed by atoms with van der Waals surface area (Å²) in [4.78, 5) is 20.6. The van der Waals surface area contributed by atoms with E-state index in [1.165, 1.54) is 11.4 Å². The van der Waals surface area contributed by atoms with Gasteiger partial charge >= 0.3 is 0 Å². The van der Waals surface area contributed by atoms with E-state index in [-0.39, 0.29) is 11.9 Å². The number of fused-ring (bicyclic) bond motifs is 1. The Balaban J connectivity index is 1.60. The lowest BCUT2D eigenvalue weighted by Crippen LogP contribution is -2.29. The Hall–Kier alpha value is -2.21. The van der Waals surface area contributed by atoms with Gasteiger partial charge in [0.2, 0.25) is 5.91 Å². The first kappa shape index (κ1) is 19.5. The largest absolute Gasteiger partial charge is 0.349 e. The van der Waals surface area contributed by atoms with E-state index in [9.17, 15) is 4.79 Å². The maximum atomic E-state index is 12.5. The van der Waals surface area contributed by atoms with Crippen molar-refractivity contribution < 1.29 is 4.79 Å². The topological polar surface area (TPSA) is 62.7 Å². The summed E-state index contributed by atoms with van der Waals surface area (Å²) in [5, 5.41) is 3.18. The summed E-state index contributed by atoms with van der Waals surface area (Å²) < 4.78 is 2.26. The lowest BCUT2D eigenvalue weighted by atomic mass is 10.2. The van der Waals surface area contributed by atoms with Crippen LogP contribution in [0.4, 0.5) is 0 Å². The smallest absolute Gasteiger partial charge is 0.220 e. The highest BCUT2D eigenvalue weighted by Gasteiger charge is 2.18. The molecular weight excluding hydrogens is 356 g/mol. The van der Waals surface area contributed by atoms with Crippen molar-refractivity contribution in [3.63, 3.8) is 0 Å². The zero-order valence-electron chi connectivity index (χ0n) is 16.3. The van der Waals surface area contributed by atoms with Crippen molar-refractivity contribution in [3.05, 3.63) is 53.6 Å². The molecule has 0 bridgehead atoms. The van der Waals surface area contributed by atoms with Crippen molar-refractivity contribution in [1.29, 1.82) is 0 Å². The van der Waals surface area contributed by atoms with Crippen LogP contribution in [0.5, 0.6) is 0 Å². The lowest BCUT2D eigenvalue weighted by molar-refractivity contribution is -0.122. The molecule has 0 radical (unpaired) electrons. The van der Waals surface area contributed by atoms with Gasteiger partial charge in [-0.1, -0.05) is 12.1 Å². The summed E-state index contributed by atoms with van der Waals surface area (Å²) >= 11 is 1.78. The van der Waals surface area contributed by atoms with Gasteiger partial charge in [0.1, 0.15) is 5.82 Å². The number of amides is 1. The maximum Gasteiger partial charge on any atom is 0.220 e. The van der Waals surface area contributed by atoms with Gasteiger partial charge < -0.3 is 14.9 Å². The number of rotatable bonds is 9. The minimum Gasteiger partial charge on any atom is -0.349 e. The molecule has 5 nitrogen and oxygen atoms in total. The van der Waals surface area contributed by atoms with Gasteiger partial charge in [0.25, 0.3) is 0 Å². The number of nitrogens with zero attached hydrogens (tertiary/aromatic N) is 2. The molecule has 0 fully saturated rings. The maximum absolute atomic E-state index is 12.5. The molecular formula is C21H28N4OS. The fourth-order valence-corrected chi connectivity index (χ4v) is 3.84. The van der Waals surface area contributed by atoms with Crippen molar-refractivity contribution in [3.8, 4) is 0 Å². The van der Waals surface area contributed by atoms with Crippen molar-refractivity contribution in [2.45, 2.75) is 45.7 Å². The fourth-order valence-electron chi connectivity index (χ4n) is 3.37. The van der Waals surface area contributed by atoms with Crippen molar-refractivity contribution in [2.75, 3.05) is 12.0 Å². The van der Waals surface area contributed by atoms with E-state index in [2.05, 4.69) is 52.1 Å². The van der Waals surface area contributed by atoms with Gasteiger partial charge in [-0.15, -0.1) is 0 Å². The number of benzene rings is 1.